The van der Waals surface area contributed by atoms with Crippen molar-refractivity contribution in [2.75, 3.05) is 20.3 Å². The molecule has 0 aliphatic carbocycles. The molecule has 32 heavy (non-hydrogen) atoms. The van der Waals surface area contributed by atoms with Crippen molar-refractivity contribution in [3.63, 3.8) is 0 Å². The zero-order chi connectivity index (χ0) is 24.4. The fourth-order valence-electron chi connectivity index (χ4n) is 2.74. The quantitative estimate of drug-likeness (QED) is 0.528. The first-order valence-corrected chi connectivity index (χ1v) is 10.5. The first-order valence-electron chi connectivity index (χ1n) is 10.5. The van der Waals surface area contributed by atoms with E-state index in [4.69, 9.17) is 24.7 Å². The summed E-state index contributed by atoms with van der Waals surface area (Å²) in [6.07, 6.45) is 0. The standard InChI is InChI=1S/C14H17NO3.C12H15NO/c1-5-18-12-8-10(14(2,3)9-15)6-7-11(12)13(16)17-4;1-4-14-11-7-5-6-10(8-11)12(2,3)9-13/h6-8H,5H2,1-4H3;5-8H,4H2,1-3H3. The second kappa shape index (κ2) is 11.8. The van der Waals surface area contributed by atoms with Gasteiger partial charge in [0.25, 0.3) is 0 Å². The molecular weight excluding hydrogens is 404 g/mol. The summed E-state index contributed by atoms with van der Waals surface area (Å²) in [5, 5.41) is 18.1. The third-order valence-electron chi connectivity index (χ3n) is 4.83. The Hall–Kier alpha value is -3.51. The van der Waals surface area contributed by atoms with E-state index in [1.807, 2.05) is 65.8 Å². The van der Waals surface area contributed by atoms with Gasteiger partial charge in [0.1, 0.15) is 17.1 Å². The third kappa shape index (κ3) is 7.03. The van der Waals surface area contributed by atoms with Crippen LogP contribution in [0.15, 0.2) is 42.5 Å². The number of hydrogen-bond acceptors (Lipinski definition) is 6. The predicted octanol–water partition coefficient (Wildman–Crippen LogP) is 5.56. The van der Waals surface area contributed by atoms with Crippen LogP contribution >= 0.6 is 0 Å². The average Bonchev–Trinajstić information content (AvgIpc) is 2.79. The molecule has 0 heterocycles. The van der Waals surface area contributed by atoms with E-state index >= 15 is 0 Å². The van der Waals surface area contributed by atoms with Gasteiger partial charge in [-0.15, -0.1) is 0 Å². The van der Waals surface area contributed by atoms with E-state index in [9.17, 15) is 4.79 Å². The van der Waals surface area contributed by atoms with Crippen LogP contribution in [0.2, 0.25) is 0 Å². The number of methoxy groups -OCH3 is 1. The van der Waals surface area contributed by atoms with Crippen LogP contribution in [0.25, 0.3) is 0 Å². The van der Waals surface area contributed by atoms with Crippen molar-refractivity contribution >= 4 is 5.97 Å². The Labute approximate surface area is 191 Å². The number of rotatable bonds is 7. The monoisotopic (exact) mass is 436 g/mol. The van der Waals surface area contributed by atoms with Crippen molar-refractivity contribution in [2.24, 2.45) is 0 Å². The summed E-state index contributed by atoms with van der Waals surface area (Å²) >= 11 is 0. The molecule has 0 aliphatic rings. The van der Waals surface area contributed by atoms with Crippen molar-refractivity contribution in [1.29, 1.82) is 10.5 Å². The van der Waals surface area contributed by atoms with E-state index in [1.165, 1.54) is 7.11 Å². The zero-order valence-corrected chi connectivity index (χ0v) is 20.0. The molecule has 0 N–H and O–H groups in total. The Bertz CT molecular complexity index is 998. The normalized spacial score (nSPS) is 10.7. The first kappa shape index (κ1) is 26.5. The number of nitriles is 2. The van der Waals surface area contributed by atoms with Crippen LogP contribution in [-0.4, -0.2) is 26.3 Å². The lowest BCUT2D eigenvalue weighted by molar-refractivity contribution is 0.0596. The summed E-state index contributed by atoms with van der Waals surface area (Å²) in [5.74, 6) is 0.832. The van der Waals surface area contributed by atoms with Crippen molar-refractivity contribution in [2.45, 2.75) is 52.4 Å². The lowest BCUT2D eigenvalue weighted by Gasteiger charge is -2.18. The second-order valence-electron chi connectivity index (χ2n) is 8.07. The molecule has 0 atom stereocenters. The molecule has 0 fully saturated rings. The fraction of sp³-hybridized carbons (Fsp3) is 0.423. The summed E-state index contributed by atoms with van der Waals surface area (Å²) in [6, 6.07) is 17.3. The van der Waals surface area contributed by atoms with Crippen molar-refractivity contribution < 1.29 is 19.0 Å². The Balaban J connectivity index is 0.000000330. The molecule has 0 radical (unpaired) electrons. The molecule has 6 heteroatoms. The van der Waals surface area contributed by atoms with E-state index < -0.39 is 16.8 Å². The molecule has 0 amide bonds. The molecule has 0 aromatic heterocycles. The number of ether oxygens (including phenoxy) is 3. The lowest BCUT2D eigenvalue weighted by atomic mass is 9.86. The number of esters is 1. The zero-order valence-electron chi connectivity index (χ0n) is 20.0. The fourth-order valence-corrected chi connectivity index (χ4v) is 2.74. The first-order chi connectivity index (χ1) is 15.1. The van der Waals surface area contributed by atoms with Gasteiger partial charge in [-0.3, -0.25) is 0 Å². The number of nitrogens with zero attached hydrogens (tertiary/aromatic N) is 2. The molecule has 0 spiro atoms. The van der Waals surface area contributed by atoms with E-state index in [-0.39, 0.29) is 0 Å². The molecule has 6 nitrogen and oxygen atoms in total. The highest BCUT2D eigenvalue weighted by molar-refractivity contribution is 5.92. The molecule has 2 rings (SSSR count). The van der Waals surface area contributed by atoms with Crippen molar-refractivity contribution in [3.8, 4) is 23.6 Å². The maximum Gasteiger partial charge on any atom is 0.341 e. The van der Waals surface area contributed by atoms with Gasteiger partial charge in [-0.1, -0.05) is 18.2 Å². The maximum absolute atomic E-state index is 11.6. The largest absolute Gasteiger partial charge is 0.494 e. The van der Waals surface area contributed by atoms with Crippen LogP contribution in [0.5, 0.6) is 11.5 Å². The number of carbonyl (C=O) groups is 1. The van der Waals surface area contributed by atoms with Gasteiger partial charge >= 0.3 is 5.97 Å². The summed E-state index contributed by atoms with van der Waals surface area (Å²) in [7, 11) is 1.32. The minimum absolute atomic E-state index is 0.372. The molecular formula is C26H32N2O4. The van der Waals surface area contributed by atoms with Gasteiger partial charge in [0, 0.05) is 0 Å². The van der Waals surface area contributed by atoms with Gasteiger partial charge in [0.15, 0.2) is 0 Å². The van der Waals surface area contributed by atoms with E-state index in [0.717, 1.165) is 16.9 Å². The van der Waals surface area contributed by atoms with Crippen LogP contribution in [0.1, 0.15) is 63.0 Å². The summed E-state index contributed by atoms with van der Waals surface area (Å²) in [5.41, 5.74) is 1.09. The summed E-state index contributed by atoms with van der Waals surface area (Å²) < 4.78 is 15.5. The topological polar surface area (TPSA) is 92.3 Å². The highest BCUT2D eigenvalue weighted by Crippen LogP contribution is 2.29. The summed E-state index contributed by atoms with van der Waals surface area (Å²) in [4.78, 5) is 11.6. The smallest absolute Gasteiger partial charge is 0.341 e. The van der Waals surface area contributed by atoms with Gasteiger partial charge in [-0.2, -0.15) is 10.5 Å². The van der Waals surface area contributed by atoms with Crippen molar-refractivity contribution in [1.82, 2.24) is 0 Å². The van der Waals surface area contributed by atoms with Gasteiger partial charge in [0.05, 0.1) is 43.3 Å². The van der Waals surface area contributed by atoms with Crippen molar-refractivity contribution in [3.05, 3.63) is 59.2 Å². The minimum Gasteiger partial charge on any atom is -0.494 e. The van der Waals surface area contributed by atoms with Gasteiger partial charge in [-0.25, -0.2) is 4.79 Å². The Morgan fingerprint density at radius 1 is 0.875 bits per heavy atom. The number of carbonyl (C=O) groups excluding carboxylic acids is 1. The molecule has 0 aliphatic heterocycles. The van der Waals surface area contributed by atoms with Crippen LogP contribution in [0.3, 0.4) is 0 Å². The molecule has 2 aromatic carbocycles. The summed E-state index contributed by atoms with van der Waals surface area (Å²) in [6.45, 7) is 12.3. The molecule has 0 bridgehead atoms. The average molecular weight is 437 g/mol. The number of benzene rings is 2. The van der Waals surface area contributed by atoms with Crippen LogP contribution in [0.4, 0.5) is 0 Å². The molecule has 170 valence electrons. The number of hydrogen-bond donors (Lipinski definition) is 0. The Morgan fingerprint density at radius 3 is 1.94 bits per heavy atom. The van der Waals surface area contributed by atoms with Gasteiger partial charge < -0.3 is 14.2 Å². The molecule has 0 unspecified atom stereocenters. The predicted molar refractivity (Wildman–Crippen MR) is 124 cm³/mol. The lowest BCUT2D eigenvalue weighted by Crippen LogP contribution is -2.15. The van der Waals surface area contributed by atoms with Gasteiger partial charge in [-0.05, 0) is 76.9 Å². The van der Waals surface area contributed by atoms with E-state index in [0.29, 0.717) is 24.5 Å². The minimum atomic E-state index is -0.625. The highest BCUT2D eigenvalue weighted by atomic mass is 16.5. The van der Waals surface area contributed by atoms with E-state index in [2.05, 4.69) is 12.1 Å². The molecule has 2 aromatic rings. The van der Waals surface area contributed by atoms with Crippen LogP contribution in [-0.2, 0) is 15.6 Å². The van der Waals surface area contributed by atoms with Crippen LogP contribution < -0.4 is 9.47 Å². The molecule has 0 saturated carbocycles. The Kier molecular flexibility index (Phi) is 9.75. The van der Waals surface area contributed by atoms with Gasteiger partial charge in [0.2, 0.25) is 0 Å². The van der Waals surface area contributed by atoms with Crippen LogP contribution in [0, 0.1) is 22.7 Å². The SMILES string of the molecule is CCOc1cc(C(C)(C)C#N)ccc1C(=O)OC.CCOc1cccc(C(C)(C)C#N)c1. The highest BCUT2D eigenvalue weighted by Gasteiger charge is 2.23. The Morgan fingerprint density at radius 2 is 1.44 bits per heavy atom. The molecule has 0 saturated heterocycles. The third-order valence-corrected chi connectivity index (χ3v) is 4.83. The second-order valence-corrected chi connectivity index (χ2v) is 8.07. The van der Waals surface area contributed by atoms with E-state index in [1.54, 1.807) is 18.2 Å². The maximum atomic E-state index is 11.6.